The molecule has 1 aromatic rings. The molecule has 1 amide bonds. The van der Waals surface area contributed by atoms with Crippen LogP contribution in [0.1, 0.15) is 24.8 Å². The molecule has 0 bridgehead atoms. The van der Waals surface area contributed by atoms with Gasteiger partial charge in [0, 0.05) is 13.1 Å². The zero-order valence-corrected chi connectivity index (χ0v) is 13.3. The number of carbonyl (C=O) groups excluding carboxylic acids is 1. The van der Waals surface area contributed by atoms with Crippen molar-refractivity contribution in [3.63, 3.8) is 0 Å². The van der Waals surface area contributed by atoms with E-state index in [0.29, 0.717) is 19.7 Å². The molecule has 1 fully saturated rings. The number of likely N-dealkylation sites (N-methyl/N-ethyl adjacent to an activating group) is 1. The van der Waals surface area contributed by atoms with Gasteiger partial charge in [-0.05, 0) is 38.4 Å². The van der Waals surface area contributed by atoms with Crippen molar-refractivity contribution in [2.24, 2.45) is 5.73 Å². The van der Waals surface area contributed by atoms with E-state index in [-0.39, 0.29) is 18.1 Å². The largest absolute Gasteiger partial charge is 0.372 e. The number of amides is 1. The summed E-state index contributed by atoms with van der Waals surface area (Å²) in [5, 5.41) is 2.99. The Labute approximate surface area is 132 Å². The topological polar surface area (TPSA) is 67.6 Å². The first kappa shape index (κ1) is 16.9. The molecule has 0 unspecified atom stereocenters. The van der Waals surface area contributed by atoms with Crippen molar-refractivity contribution in [3.8, 4) is 0 Å². The van der Waals surface area contributed by atoms with Gasteiger partial charge in [-0.2, -0.15) is 0 Å². The van der Waals surface area contributed by atoms with Crippen LogP contribution in [0.4, 0.5) is 0 Å². The van der Waals surface area contributed by atoms with Gasteiger partial charge in [0.2, 0.25) is 5.91 Å². The van der Waals surface area contributed by atoms with E-state index in [2.05, 4.69) is 22.3 Å². The van der Waals surface area contributed by atoms with Gasteiger partial charge >= 0.3 is 0 Å². The molecule has 1 aromatic carbocycles. The third-order valence-corrected chi connectivity index (χ3v) is 4.07. The van der Waals surface area contributed by atoms with E-state index in [4.69, 9.17) is 10.5 Å². The smallest absolute Gasteiger partial charge is 0.237 e. The van der Waals surface area contributed by atoms with Crippen LogP contribution in [0.5, 0.6) is 0 Å². The quantitative estimate of drug-likeness (QED) is 0.707. The van der Waals surface area contributed by atoms with Gasteiger partial charge < -0.3 is 15.8 Å². The van der Waals surface area contributed by atoms with E-state index in [1.165, 1.54) is 5.56 Å². The van der Waals surface area contributed by atoms with Gasteiger partial charge in [0.15, 0.2) is 0 Å². The Kier molecular flexibility index (Phi) is 6.83. The number of hydrogen-bond donors (Lipinski definition) is 2. The van der Waals surface area contributed by atoms with Crippen LogP contribution in [0, 0.1) is 0 Å². The van der Waals surface area contributed by atoms with Gasteiger partial charge in [0.25, 0.3) is 0 Å². The lowest BCUT2D eigenvalue weighted by atomic mass is 10.1. The lowest BCUT2D eigenvalue weighted by molar-refractivity contribution is -0.125. The fourth-order valence-corrected chi connectivity index (χ4v) is 2.77. The number of ether oxygens (including phenoxy) is 1. The Hall–Kier alpha value is -1.43. The molecule has 1 heterocycles. The first-order valence-electron chi connectivity index (χ1n) is 8.04. The van der Waals surface area contributed by atoms with Gasteiger partial charge in [0.05, 0.1) is 18.8 Å². The third kappa shape index (κ3) is 5.09. The first-order chi connectivity index (χ1) is 10.7. The van der Waals surface area contributed by atoms with Gasteiger partial charge in [-0.15, -0.1) is 0 Å². The van der Waals surface area contributed by atoms with Crippen molar-refractivity contribution in [2.75, 3.05) is 26.7 Å². The molecule has 0 saturated carbocycles. The highest BCUT2D eigenvalue weighted by Crippen LogP contribution is 2.20. The monoisotopic (exact) mass is 305 g/mol. The normalized spacial score (nSPS) is 21.9. The number of nitrogens with one attached hydrogen (secondary N) is 1. The molecule has 0 spiro atoms. The van der Waals surface area contributed by atoms with E-state index in [1.807, 2.05) is 25.2 Å². The summed E-state index contributed by atoms with van der Waals surface area (Å²) in [4.78, 5) is 14.3. The summed E-state index contributed by atoms with van der Waals surface area (Å²) in [6.45, 7) is 2.78. The molecule has 122 valence electrons. The van der Waals surface area contributed by atoms with Crippen molar-refractivity contribution in [1.29, 1.82) is 0 Å². The van der Waals surface area contributed by atoms with Gasteiger partial charge in [-0.1, -0.05) is 30.3 Å². The molecular formula is C17H27N3O2. The van der Waals surface area contributed by atoms with Gasteiger partial charge in [0.1, 0.15) is 0 Å². The van der Waals surface area contributed by atoms with E-state index in [0.717, 1.165) is 25.8 Å². The van der Waals surface area contributed by atoms with Gasteiger partial charge in [-0.25, -0.2) is 0 Å². The van der Waals surface area contributed by atoms with Crippen LogP contribution in [-0.2, 0) is 16.1 Å². The Morgan fingerprint density at radius 2 is 2.14 bits per heavy atom. The van der Waals surface area contributed by atoms with Crippen molar-refractivity contribution < 1.29 is 9.53 Å². The Morgan fingerprint density at radius 1 is 1.36 bits per heavy atom. The van der Waals surface area contributed by atoms with Crippen molar-refractivity contribution >= 4 is 5.91 Å². The average molecular weight is 305 g/mol. The summed E-state index contributed by atoms with van der Waals surface area (Å²) in [6, 6.07) is 10.0. The molecule has 1 saturated heterocycles. The molecule has 0 aromatic heterocycles. The zero-order chi connectivity index (χ0) is 15.8. The summed E-state index contributed by atoms with van der Waals surface area (Å²) in [6.07, 6.45) is 2.76. The fraction of sp³-hybridized carbons (Fsp3) is 0.588. The summed E-state index contributed by atoms with van der Waals surface area (Å²) >= 11 is 0. The number of unbranched alkanes of at least 4 members (excludes halogenated alkanes) is 1. The van der Waals surface area contributed by atoms with Crippen LogP contribution in [0.25, 0.3) is 0 Å². The van der Waals surface area contributed by atoms with Crippen LogP contribution >= 0.6 is 0 Å². The van der Waals surface area contributed by atoms with Crippen molar-refractivity contribution in [3.05, 3.63) is 35.9 Å². The molecule has 1 aliphatic rings. The lowest BCUT2D eigenvalue weighted by Crippen LogP contribution is -2.41. The van der Waals surface area contributed by atoms with Crippen LogP contribution in [-0.4, -0.2) is 49.6 Å². The van der Waals surface area contributed by atoms with Crippen LogP contribution in [0.3, 0.4) is 0 Å². The van der Waals surface area contributed by atoms with Crippen molar-refractivity contribution in [1.82, 2.24) is 10.2 Å². The second-order valence-corrected chi connectivity index (χ2v) is 5.90. The van der Waals surface area contributed by atoms with Crippen LogP contribution in [0.2, 0.25) is 0 Å². The Balaban J connectivity index is 1.73. The maximum atomic E-state index is 12.2. The first-order valence-corrected chi connectivity index (χ1v) is 8.04. The predicted molar refractivity (Wildman–Crippen MR) is 87.4 cm³/mol. The molecule has 22 heavy (non-hydrogen) atoms. The minimum atomic E-state index is -0.0846. The van der Waals surface area contributed by atoms with E-state index in [1.54, 1.807) is 0 Å². The highest BCUT2D eigenvalue weighted by molar-refractivity contribution is 5.82. The molecule has 5 heteroatoms. The molecule has 2 atom stereocenters. The minimum Gasteiger partial charge on any atom is -0.372 e. The summed E-state index contributed by atoms with van der Waals surface area (Å²) in [7, 11) is 1.98. The van der Waals surface area contributed by atoms with Crippen molar-refractivity contribution in [2.45, 2.75) is 38.0 Å². The number of likely N-dealkylation sites (tertiary alicyclic amines) is 1. The molecule has 2 rings (SSSR count). The van der Waals surface area contributed by atoms with E-state index < -0.39 is 0 Å². The van der Waals surface area contributed by atoms with E-state index in [9.17, 15) is 4.79 Å². The zero-order valence-electron chi connectivity index (χ0n) is 13.3. The number of benzene rings is 1. The number of nitrogens with two attached hydrogens (primary N) is 1. The second kappa shape index (κ2) is 8.88. The lowest BCUT2D eigenvalue weighted by Gasteiger charge is -2.18. The standard InChI is InChI=1S/C17H27N3O2/c1-20-12-15(22-13-14-7-3-2-4-8-14)11-16(20)17(21)19-10-6-5-9-18/h2-4,7-8,15-16H,5-6,9-13,18H2,1H3,(H,19,21)/t15-,16+/m1/s1. The molecule has 0 radical (unpaired) electrons. The number of hydrogen-bond acceptors (Lipinski definition) is 4. The third-order valence-electron chi connectivity index (χ3n) is 4.07. The van der Waals surface area contributed by atoms with Crippen LogP contribution in [0.15, 0.2) is 30.3 Å². The molecule has 1 aliphatic heterocycles. The summed E-state index contributed by atoms with van der Waals surface area (Å²) in [5.41, 5.74) is 6.62. The van der Waals surface area contributed by atoms with Gasteiger partial charge in [-0.3, -0.25) is 9.69 Å². The second-order valence-electron chi connectivity index (χ2n) is 5.90. The fourth-order valence-electron chi connectivity index (χ4n) is 2.77. The SMILES string of the molecule is CN1C[C@H](OCc2ccccc2)C[C@H]1C(=O)NCCCCN. The molecule has 5 nitrogen and oxygen atoms in total. The maximum Gasteiger partial charge on any atom is 0.237 e. The van der Waals surface area contributed by atoms with E-state index >= 15 is 0 Å². The predicted octanol–water partition coefficient (Wildman–Crippen LogP) is 1.13. The highest BCUT2D eigenvalue weighted by Gasteiger charge is 2.34. The van der Waals surface area contributed by atoms with Crippen LogP contribution < -0.4 is 11.1 Å². The maximum absolute atomic E-state index is 12.2. The average Bonchev–Trinajstić information content (AvgIpc) is 2.91. The Morgan fingerprint density at radius 3 is 2.86 bits per heavy atom. The number of rotatable bonds is 8. The molecule has 3 N–H and O–H groups in total. The summed E-state index contributed by atoms with van der Waals surface area (Å²) < 4.78 is 5.94. The highest BCUT2D eigenvalue weighted by atomic mass is 16.5. The number of carbonyl (C=O) groups is 1. The molecule has 0 aliphatic carbocycles. The minimum absolute atomic E-state index is 0.0846. The summed E-state index contributed by atoms with van der Waals surface area (Å²) in [5.74, 6) is 0.102. The molecular weight excluding hydrogens is 278 g/mol. The number of nitrogens with zero attached hydrogens (tertiary/aromatic N) is 1. The Bertz CT molecular complexity index is 452.